The highest BCUT2D eigenvalue weighted by Crippen LogP contribution is 2.44. The molecule has 4 fully saturated rings. The third-order valence-electron chi connectivity index (χ3n) is 23.4. The molecule has 16 nitrogen and oxygen atoms in total. The fourth-order valence-corrected chi connectivity index (χ4v) is 16.3. The first-order chi connectivity index (χ1) is 47.8. The number of rotatable bonds is 18. The number of aliphatic hydroxyl groups is 3. The molecule has 0 aliphatic heterocycles. The maximum atomic E-state index is 11.6. The van der Waals surface area contributed by atoms with E-state index in [1.54, 1.807) is 24.8 Å². The van der Waals surface area contributed by atoms with E-state index in [0.717, 1.165) is 117 Å². The van der Waals surface area contributed by atoms with E-state index in [-0.39, 0.29) is 33.9 Å². The number of carbonyl (C=O) groups excluding carboxylic acids is 2. The molecule has 4 aromatic heterocycles. The first-order valence-corrected chi connectivity index (χ1v) is 45.9. The second-order valence-corrected chi connectivity index (χ2v) is 47.9. The van der Waals surface area contributed by atoms with Crippen molar-refractivity contribution < 1.29 is 38.2 Å². The molecule has 4 heterocycles. The Balaban J connectivity index is 0.000000158. The Hall–Kier alpha value is -6.53. The van der Waals surface area contributed by atoms with Gasteiger partial charge < -0.3 is 28.6 Å². The Kier molecular flexibility index (Phi) is 26.8. The lowest BCUT2D eigenvalue weighted by molar-refractivity contribution is -0.121. The summed E-state index contributed by atoms with van der Waals surface area (Å²) < 4.78 is 19.6. The molecule has 546 valence electrons. The van der Waals surface area contributed by atoms with E-state index in [0.29, 0.717) is 80.7 Å². The highest BCUT2D eigenvalue weighted by Gasteiger charge is 2.40. The first kappa shape index (κ1) is 78.6. The average Bonchev–Trinajstić information content (AvgIpc) is 1.79. The molecule has 0 saturated heterocycles. The maximum Gasteiger partial charge on any atom is 0.192 e. The third-order valence-corrected chi connectivity index (χ3v) is 36.8. The SMILES string of the molecule is CC(C)(C)[Si](C)(C)OCc1cc(C2CCC(=O)CC2)ccc1-c1ccn[nH]1.CC(C)(C)[Si](C)(C)OCc1cc(C2CCC(O)CC2)ccc1-c1ccn[nH]1.CC(C)(C)[Si](C)(C)OCc1cc(C2CCC(O)CC2)ccc1-c1ccn[nH]1.O=C1CCC(c2ccc(-c3ccn[nH]3)c(CO)c2)CC1. The average molecular weight is 1430 g/mol. The summed E-state index contributed by atoms with van der Waals surface area (Å²) in [5.74, 6) is 2.77. The van der Waals surface area contributed by atoms with Crippen LogP contribution in [0.15, 0.2) is 122 Å². The van der Waals surface area contributed by atoms with Gasteiger partial charge >= 0.3 is 0 Å². The van der Waals surface area contributed by atoms with E-state index in [2.05, 4.69) is 209 Å². The summed E-state index contributed by atoms with van der Waals surface area (Å²) in [4.78, 5) is 22.9. The quantitative estimate of drug-likeness (QED) is 0.0397. The van der Waals surface area contributed by atoms with Crippen molar-refractivity contribution in [3.63, 3.8) is 0 Å². The molecule has 19 heteroatoms. The van der Waals surface area contributed by atoms with Gasteiger partial charge in [0.15, 0.2) is 25.0 Å². The van der Waals surface area contributed by atoms with Gasteiger partial charge in [0, 0.05) is 72.7 Å². The minimum absolute atomic E-state index is 0.00778. The van der Waals surface area contributed by atoms with Crippen LogP contribution in [0.25, 0.3) is 45.0 Å². The number of benzene rings is 4. The van der Waals surface area contributed by atoms with Gasteiger partial charge in [0.1, 0.15) is 11.6 Å². The standard InChI is InChI=1S/2C22H34N2O2Si.C22H32N2O2Si.C16H18N2O2/c3*1-22(2,3)27(4,5)26-15-18-14-17(16-6-9-19(25)10-7-16)8-11-20(18)21-12-13-23-24-21;19-10-13-9-12(11-1-4-14(20)5-2-11)3-6-15(13)16-7-8-17-18-16/h2*8,11-14,16,19,25H,6-7,9-10,15H2,1-5H3,(H,23,24);8,11-14,16H,6-7,9-10,15H2,1-5H3,(H,23,24);3,6-9,11,19H,1-2,4-5,10H2,(H,17,18). The zero-order valence-corrected chi connectivity index (χ0v) is 66.3. The number of H-pyrrole nitrogens is 4. The van der Waals surface area contributed by atoms with Crippen molar-refractivity contribution in [1.29, 1.82) is 0 Å². The van der Waals surface area contributed by atoms with Crippen molar-refractivity contribution in [2.45, 2.75) is 282 Å². The van der Waals surface area contributed by atoms with Gasteiger partial charge in [-0.3, -0.25) is 30.0 Å². The van der Waals surface area contributed by atoms with Gasteiger partial charge in [-0.15, -0.1) is 0 Å². The molecule has 0 spiro atoms. The molecule has 0 unspecified atom stereocenters. The topological polar surface area (TPSA) is 237 Å². The fourth-order valence-electron chi connectivity index (χ4n) is 13.4. The van der Waals surface area contributed by atoms with Crippen LogP contribution in [-0.4, -0.2) is 105 Å². The second kappa shape index (κ2) is 34.4. The second-order valence-electron chi connectivity index (χ2n) is 33.5. The van der Waals surface area contributed by atoms with Crippen LogP contribution in [0, 0.1) is 0 Å². The largest absolute Gasteiger partial charge is 0.413 e. The number of hydrogen-bond acceptors (Lipinski definition) is 12. The Bertz CT molecular complexity index is 3740. The van der Waals surface area contributed by atoms with E-state index in [9.17, 15) is 24.9 Å². The third kappa shape index (κ3) is 21.1. The number of carbonyl (C=O) groups is 2. The minimum Gasteiger partial charge on any atom is -0.413 e. The lowest BCUT2D eigenvalue weighted by atomic mass is 9.82. The van der Waals surface area contributed by atoms with Gasteiger partial charge in [0.25, 0.3) is 0 Å². The van der Waals surface area contributed by atoms with E-state index in [4.69, 9.17) is 13.3 Å². The van der Waals surface area contributed by atoms with Gasteiger partial charge in [-0.1, -0.05) is 135 Å². The van der Waals surface area contributed by atoms with Crippen LogP contribution in [0.1, 0.15) is 233 Å². The summed E-state index contributed by atoms with van der Waals surface area (Å²) in [6.45, 7) is 36.1. The number of aromatic nitrogens is 8. The van der Waals surface area contributed by atoms with Crippen molar-refractivity contribution in [2.75, 3.05) is 0 Å². The molecule has 0 amide bonds. The maximum absolute atomic E-state index is 11.6. The van der Waals surface area contributed by atoms with Gasteiger partial charge in [-0.2, -0.15) is 20.4 Å². The van der Waals surface area contributed by atoms with Gasteiger partial charge in [0.2, 0.25) is 0 Å². The number of Topliss-reactive ketones (excluding diaryl/α,β-unsaturated/α-hetero) is 2. The minimum atomic E-state index is -1.83. The molecule has 4 aromatic carbocycles. The molecule has 7 N–H and O–H groups in total. The number of nitrogens with one attached hydrogen (secondary N) is 4. The lowest BCUT2D eigenvalue weighted by Gasteiger charge is -2.36. The molecule has 101 heavy (non-hydrogen) atoms. The number of nitrogens with zero attached hydrogens (tertiary/aromatic N) is 4. The molecule has 0 radical (unpaired) electrons. The van der Waals surface area contributed by atoms with E-state index in [1.165, 1.54) is 50.1 Å². The predicted octanol–water partition coefficient (Wildman–Crippen LogP) is 19.9. The molecule has 8 aromatic rings. The van der Waals surface area contributed by atoms with Crippen LogP contribution in [0.2, 0.25) is 54.4 Å². The van der Waals surface area contributed by atoms with Gasteiger partial charge in [-0.05, 0) is 224 Å². The van der Waals surface area contributed by atoms with E-state index >= 15 is 0 Å². The van der Waals surface area contributed by atoms with Crippen LogP contribution in [0.3, 0.4) is 0 Å². The summed E-state index contributed by atoms with van der Waals surface area (Å²) in [5, 5.41) is 58.3. The number of ketones is 2. The van der Waals surface area contributed by atoms with Crippen LogP contribution in [-0.2, 0) is 49.3 Å². The zero-order valence-electron chi connectivity index (χ0n) is 63.3. The molecule has 0 atom stereocenters. The highest BCUT2D eigenvalue weighted by atomic mass is 28.4. The number of aromatic amines is 4. The number of aliphatic hydroxyl groups excluding tert-OH is 3. The lowest BCUT2D eigenvalue weighted by Crippen LogP contribution is -2.40. The molecule has 4 saturated carbocycles. The molecule has 0 bridgehead atoms. The van der Waals surface area contributed by atoms with Crippen LogP contribution in [0.5, 0.6) is 0 Å². The van der Waals surface area contributed by atoms with Crippen molar-refractivity contribution in [3.05, 3.63) is 166 Å². The van der Waals surface area contributed by atoms with E-state index < -0.39 is 25.0 Å². The Morgan fingerprint density at radius 3 is 0.832 bits per heavy atom. The van der Waals surface area contributed by atoms with Crippen molar-refractivity contribution in [3.8, 4) is 45.0 Å². The summed E-state index contributed by atoms with van der Waals surface area (Å²) >= 11 is 0. The van der Waals surface area contributed by atoms with Gasteiger partial charge in [-0.25, -0.2) is 0 Å². The number of hydrogen-bond donors (Lipinski definition) is 7. The summed E-state index contributed by atoms with van der Waals surface area (Å²) in [6.07, 6.45) is 21.3. The van der Waals surface area contributed by atoms with Crippen molar-refractivity contribution in [2.24, 2.45) is 0 Å². The van der Waals surface area contributed by atoms with E-state index in [1.807, 2.05) is 30.3 Å². The smallest absolute Gasteiger partial charge is 0.192 e. The van der Waals surface area contributed by atoms with Crippen LogP contribution in [0.4, 0.5) is 0 Å². The normalized spacial score (nSPS) is 19.2. The summed E-state index contributed by atoms with van der Waals surface area (Å²) in [5.41, 5.74) is 18.4. The zero-order chi connectivity index (χ0) is 72.9. The first-order valence-electron chi connectivity index (χ1n) is 37.2. The molecular formula is C82H118N8O8Si3. The summed E-state index contributed by atoms with van der Waals surface area (Å²) in [7, 11) is -5.47. The molecular weight excluding hydrogens is 1310 g/mol. The predicted molar refractivity (Wildman–Crippen MR) is 415 cm³/mol. The molecule has 4 aliphatic rings. The summed E-state index contributed by atoms with van der Waals surface area (Å²) in [6, 6.07) is 34.4. The van der Waals surface area contributed by atoms with Crippen LogP contribution >= 0.6 is 0 Å². The fraction of sp³-hybridized carbons (Fsp3) is 0.537. The van der Waals surface area contributed by atoms with Crippen molar-refractivity contribution >= 4 is 36.5 Å². The van der Waals surface area contributed by atoms with Crippen LogP contribution < -0.4 is 0 Å². The Morgan fingerprint density at radius 2 is 0.604 bits per heavy atom. The monoisotopic (exact) mass is 1430 g/mol. The molecule has 4 aliphatic carbocycles. The van der Waals surface area contributed by atoms with Gasteiger partial charge in [0.05, 0.1) is 61.4 Å². The highest BCUT2D eigenvalue weighted by molar-refractivity contribution is 6.74. The Labute approximate surface area is 605 Å². The Morgan fingerprint density at radius 1 is 0.366 bits per heavy atom. The molecule has 12 rings (SSSR count). The van der Waals surface area contributed by atoms with Crippen molar-refractivity contribution in [1.82, 2.24) is 40.8 Å².